The van der Waals surface area contributed by atoms with E-state index >= 15 is 0 Å². The number of rotatable bonds is 0. The molecular weight excluding hydrogens is 172 g/mol. The lowest BCUT2D eigenvalue weighted by Crippen LogP contribution is -1.68. The van der Waals surface area contributed by atoms with Crippen molar-refractivity contribution >= 4 is 22.5 Å². The number of H-pyrrole nitrogens is 1. The van der Waals surface area contributed by atoms with Crippen molar-refractivity contribution < 1.29 is 0 Å². The van der Waals surface area contributed by atoms with Crippen LogP contribution in [0.5, 0.6) is 0 Å². The van der Waals surface area contributed by atoms with Gasteiger partial charge in [0.25, 0.3) is 0 Å². The second-order valence-corrected chi connectivity index (χ2v) is 2.96. The Hall–Kier alpha value is -1.46. The predicted octanol–water partition coefficient (Wildman–Crippen LogP) is 2.69. The SMILES string of the molecule is N#Cc1cc2cc(Cl)ccc2[nH]1. The van der Waals surface area contributed by atoms with E-state index in [1.165, 1.54) is 0 Å². The van der Waals surface area contributed by atoms with E-state index in [0.29, 0.717) is 10.7 Å². The molecule has 1 N–H and O–H groups in total. The summed E-state index contributed by atoms with van der Waals surface area (Å²) in [5.74, 6) is 0. The highest BCUT2D eigenvalue weighted by molar-refractivity contribution is 6.31. The minimum Gasteiger partial charge on any atom is -0.346 e. The summed E-state index contributed by atoms with van der Waals surface area (Å²) in [5, 5.41) is 10.3. The number of fused-ring (bicyclic) bond motifs is 1. The van der Waals surface area contributed by atoms with E-state index in [1.54, 1.807) is 12.1 Å². The molecule has 2 nitrogen and oxygen atoms in total. The van der Waals surface area contributed by atoms with Crippen LogP contribution in [0, 0.1) is 11.3 Å². The van der Waals surface area contributed by atoms with E-state index in [2.05, 4.69) is 4.98 Å². The Morgan fingerprint density at radius 1 is 1.33 bits per heavy atom. The Labute approximate surface area is 74.4 Å². The number of aromatic amines is 1. The standard InChI is InChI=1S/C9H5ClN2/c10-7-1-2-9-6(3-7)4-8(5-11)12-9/h1-4,12H. The van der Waals surface area contributed by atoms with Crippen LogP contribution < -0.4 is 0 Å². The second-order valence-electron chi connectivity index (χ2n) is 2.53. The fourth-order valence-corrected chi connectivity index (χ4v) is 1.34. The molecule has 0 spiro atoms. The highest BCUT2D eigenvalue weighted by Crippen LogP contribution is 2.19. The minimum atomic E-state index is 0.562. The van der Waals surface area contributed by atoms with Crippen LogP contribution in [0.4, 0.5) is 0 Å². The predicted molar refractivity (Wildman–Crippen MR) is 48.0 cm³/mol. The Kier molecular flexibility index (Phi) is 1.53. The topological polar surface area (TPSA) is 39.6 Å². The fourth-order valence-electron chi connectivity index (χ4n) is 1.16. The lowest BCUT2D eigenvalue weighted by molar-refractivity contribution is 1.37. The Balaban J connectivity index is 2.77. The Morgan fingerprint density at radius 2 is 2.17 bits per heavy atom. The summed E-state index contributed by atoms with van der Waals surface area (Å²) in [6.07, 6.45) is 0. The largest absolute Gasteiger partial charge is 0.346 e. The zero-order valence-corrected chi connectivity index (χ0v) is 6.89. The Morgan fingerprint density at radius 3 is 2.92 bits per heavy atom. The molecule has 1 aromatic carbocycles. The lowest BCUT2D eigenvalue weighted by Gasteiger charge is -1.88. The molecule has 2 aromatic rings. The Bertz CT molecular complexity index is 465. The van der Waals surface area contributed by atoms with Crippen molar-refractivity contribution in [3.05, 3.63) is 35.0 Å². The molecule has 2 rings (SSSR count). The average Bonchev–Trinajstić information content (AvgIpc) is 2.46. The number of aromatic nitrogens is 1. The van der Waals surface area contributed by atoms with E-state index in [1.807, 2.05) is 18.2 Å². The van der Waals surface area contributed by atoms with Gasteiger partial charge in [0, 0.05) is 15.9 Å². The molecule has 12 heavy (non-hydrogen) atoms. The molecule has 3 heteroatoms. The van der Waals surface area contributed by atoms with Crippen molar-refractivity contribution in [2.24, 2.45) is 0 Å². The van der Waals surface area contributed by atoms with Gasteiger partial charge >= 0.3 is 0 Å². The third-order valence-corrected chi connectivity index (χ3v) is 1.94. The van der Waals surface area contributed by atoms with Gasteiger partial charge in [0.1, 0.15) is 11.8 Å². The van der Waals surface area contributed by atoms with Crippen LogP contribution in [0.3, 0.4) is 0 Å². The number of benzene rings is 1. The molecule has 0 fully saturated rings. The monoisotopic (exact) mass is 176 g/mol. The van der Waals surface area contributed by atoms with Gasteiger partial charge < -0.3 is 4.98 Å². The molecule has 1 heterocycles. The summed E-state index contributed by atoms with van der Waals surface area (Å²) >= 11 is 5.77. The van der Waals surface area contributed by atoms with E-state index in [9.17, 15) is 0 Å². The minimum absolute atomic E-state index is 0.562. The molecule has 0 radical (unpaired) electrons. The molecule has 1 aromatic heterocycles. The molecule has 0 saturated carbocycles. The van der Waals surface area contributed by atoms with Gasteiger partial charge in [-0.15, -0.1) is 0 Å². The van der Waals surface area contributed by atoms with E-state index in [0.717, 1.165) is 10.9 Å². The highest BCUT2D eigenvalue weighted by Gasteiger charge is 1.98. The number of nitrogens with zero attached hydrogens (tertiary/aromatic N) is 1. The summed E-state index contributed by atoms with van der Waals surface area (Å²) in [6, 6.07) is 9.30. The molecule has 0 unspecified atom stereocenters. The zero-order valence-electron chi connectivity index (χ0n) is 6.13. The van der Waals surface area contributed by atoms with Crippen LogP contribution in [0.2, 0.25) is 5.02 Å². The maximum Gasteiger partial charge on any atom is 0.118 e. The lowest BCUT2D eigenvalue weighted by atomic mass is 10.2. The van der Waals surface area contributed by atoms with Gasteiger partial charge in [-0.3, -0.25) is 0 Å². The van der Waals surface area contributed by atoms with Gasteiger partial charge in [-0.2, -0.15) is 5.26 Å². The van der Waals surface area contributed by atoms with Gasteiger partial charge in [0.15, 0.2) is 0 Å². The van der Waals surface area contributed by atoms with Crippen molar-refractivity contribution in [3.63, 3.8) is 0 Å². The van der Waals surface area contributed by atoms with E-state index < -0.39 is 0 Å². The first-order valence-corrected chi connectivity index (χ1v) is 3.86. The molecule has 0 aliphatic carbocycles. The zero-order chi connectivity index (χ0) is 8.55. The maximum absolute atomic E-state index is 8.59. The van der Waals surface area contributed by atoms with Gasteiger partial charge in [-0.1, -0.05) is 11.6 Å². The van der Waals surface area contributed by atoms with Crippen LogP contribution in [0.25, 0.3) is 10.9 Å². The molecular formula is C9H5ClN2. The third-order valence-electron chi connectivity index (χ3n) is 1.70. The van der Waals surface area contributed by atoms with E-state index in [-0.39, 0.29) is 0 Å². The second kappa shape index (κ2) is 2.54. The molecule has 58 valence electrons. The van der Waals surface area contributed by atoms with Crippen molar-refractivity contribution in [1.82, 2.24) is 4.98 Å². The number of hydrogen-bond donors (Lipinski definition) is 1. The summed E-state index contributed by atoms with van der Waals surface area (Å²) in [7, 11) is 0. The molecule has 0 aliphatic rings. The van der Waals surface area contributed by atoms with Gasteiger partial charge in [0.05, 0.1) is 0 Å². The maximum atomic E-state index is 8.59. The first kappa shape index (κ1) is 7.20. The molecule has 0 atom stereocenters. The fraction of sp³-hybridized carbons (Fsp3) is 0. The van der Waals surface area contributed by atoms with Gasteiger partial charge in [-0.25, -0.2) is 0 Å². The van der Waals surface area contributed by atoms with Crippen LogP contribution in [0.1, 0.15) is 5.69 Å². The quantitative estimate of drug-likeness (QED) is 0.659. The number of nitriles is 1. The van der Waals surface area contributed by atoms with Crippen molar-refractivity contribution in [2.45, 2.75) is 0 Å². The van der Waals surface area contributed by atoms with Crippen molar-refractivity contribution in [1.29, 1.82) is 5.26 Å². The van der Waals surface area contributed by atoms with Crippen LogP contribution in [-0.2, 0) is 0 Å². The molecule has 0 amide bonds. The molecule has 0 bridgehead atoms. The number of nitrogens with one attached hydrogen (secondary N) is 1. The summed E-state index contributed by atoms with van der Waals surface area (Å²) in [6.45, 7) is 0. The third kappa shape index (κ3) is 1.05. The van der Waals surface area contributed by atoms with Crippen LogP contribution >= 0.6 is 11.6 Å². The summed E-state index contributed by atoms with van der Waals surface area (Å²) < 4.78 is 0. The van der Waals surface area contributed by atoms with Crippen molar-refractivity contribution in [3.8, 4) is 6.07 Å². The summed E-state index contributed by atoms with van der Waals surface area (Å²) in [5.41, 5.74) is 1.50. The van der Waals surface area contributed by atoms with Crippen molar-refractivity contribution in [2.75, 3.05) is 0 Å². The van der Waals surface area contributed by atoms with Gasteiger partial charge in [0.2, 0.25) is 0 Å². The number of halogens is 1. The van der Waals surface area contributed by atoms with Crippen LogP contribution in [0.15, 0.2) is 24.3 Å². The van der Waals surface area contributed by atoms with E-state index in [4.69, 9.17) is 16.9 Å². The molecule has 0 saturated heterocycles. The molecule has 0 aliphatic heterocycles. The highest BCUT2D eigenvalue weighted by atomic mass is 35.5. The normalized spacial score (nSPS) is 10.0. The summed E-state index contributed by atoms with van der Waals surface area (Å²) in [4.78, 5) is 2.95. The first-order valence-electron chi connectivity index (χ1n) is 3.48. The average molecular weight is 177 g/mol. The first-order chi connectivity index (χ1) is 5.79. The van der Waals surface area contributed by atoms with Crippen LogP contribution in [-0.4, -0.2) is 4.98 Å². The smallest absolute Gasteiger partial charge is 0.118 e. The number of hydrogen-bond acceptors (Lipinski definition) is 1. The van der Waals surface area contributed by atoms with Gasteiger partial charge in [-0.05, 0) is 24.3 Å².